The summed E-state index contributed by atoms with van der Waals surface area (Å²) in [7, 11) is 1.52. The molecule has 2 N–H and O–H groups in total. The van der Waals surface area contributed by atoms with E-state index in [-0.39, 0.29) is 36.9 Å². The average molecular weight is 370 g/mol. The highest BCUT2D eigenvalue weighted by atomic mass is 79.9. The molecule has 0 saturated heterocycles. The highest BCUT2D eigenvalue weighted by Gasteiger charge is 2.14. The van der Waals surface area contributed by atoms with Gasteiger partial charge < -0.3 is 15.5 Å². The summed E-state index contributed by atoms with van der Waals surface area (Å²) in [4.78, 5) is 36.6. The SMILES string of the molecule is CC(C)NC(=O)CN(C)C(=O)CNC(=O)c1ccc(Br)cc1. The lowest BCUT2D eigenvalue weighted by molar-refractivity contribution is -0.134. The second-order valence-corrected chi connectivity index (χ2v) is 6.08. The minimum absolute atomic E-state index is 0.0214. The molecule has 0 aliphatic carbocycles. The fourth-order valence-electron chi connectivity index (χ4n) is 1.67. The quantitative estimate of drug-likeness (QED) is 0.789. The van der Waals surface area contributed by atoms with E-state index in [0.29, 0.717) is 5.56 Å². The molecule has 22 heavy (non-hydrogen) atoms. The third-order valence-electron chi connectivity index (χ3n) is 2.76. The van der Waals surface area contributed by atoms with Gasteiger partial charge in [-0.15, -0.1) is 0 Å². The van der Waals surface area contributed by atoms with E-state index in [0.717, 1.165) is 4.47 Å². The number of nitrogens with zero attached hydrogens (tertiary/aromatic N) is 1. The van der Waals surface area contributed by atoms with Crippen LogP contribution in [-0.2, 0) is 9.59 Å². The lowest BCUT2D eigenvalue weighted by Gasteiger charge is -2.18. The third-order valence-corrected chi connectivity index (χ3v) is 3.29. The average Bonchev–Trinajstić information content (AvgIpc) is 2.44. The minimum atomic E-state index is -0.333. The Morgan fingerprint density at radius 1 is 1.18 bits per heavy atom. The summed E-state index contributed by atoms with van der Waals surface area (Å²) in [5, 5.41) is 5.24. The topological polar surface area (TPSA) is 78.5 Å². The van der Waals surface area contributed by atoms with Gasteiger partial charge in [-0.2, -0.15) is 0 Å². The monoisotopic (exact) mass is 369 g/mol. The van der Waals surface area contributed by atoms with Gasteiger partial charge in [-0.3, -0.25) is 14.4 Å². The Hall–Kier alpha value is -1.89. The first-order chi connectivity index (χ1) is 10.3. The molecule has 7 heteroatoms. The molecule has 0 saturated carbocycles. The van der Waals surface area contributed by atoms with Gasteiger partial charge in [0.2, 0.25) is 11.8 Å². The molecule has 0 unspecified atom stereocenters. The van der Waals surface area contributed by atoms with Crippen molar-refractivity contribution in [2.45, 2.75) is 19.9 Å². The van der Waals surface area contributed by atoms with Gasteiger partial charge in [0.1, 0.15) is 0 Å². The van der Waals surface area contributed by atoms with Crippen LogP contribution in [0.15, 0.2) is 28.7 Å². The first kappa shape index (κ1) is 18.2. The molecule has 0 bridgehead atoms. The molecule has 0 heterocycles. The Morgan fingerprint density at radius 2 is 1.77 bits per heavy atom. The fourth-order valence-corrected chi connectivity index (χ4v) is 1.93. The van der Waals surface area contributed by atoms with Gasteiger partial charge in [-0.25, -0.2) is 0 Å². The summed E-state index contributed by atoms with van der Waals surface area (Å²) in [6.45, 7) is 3.50. The number of halogens is 1. The summed E-state index contributed by atoms with van der Waals surface area (Å²) in [5.41, 5.74) is 0.469. The Bertz CT molecular complexity index is 543. The van der Waals surface area contributed by atoms with E-state index in [2.05, 4.69) is 26.6 Å². The molecular weight excluding hydrogens is 350 g/mol. The van der Waals surface area contributed by atoms with Crippen LogP contribution in [0.1, 0.15) is 24.2 Å². The number of amides is 3. The second-order valence-electron chi connectivity index (χ2n) is 5.16. The first-order valence-electron chi connectivity index (χ1n) is 6.86. The van der Waals surface area contributed by atoms with Crippen molar-refractivity contribution in [2.75, 3.05) is 20.1 Å². The van der Waals surface area contributed by atoms with E-state index in [9.17, 15) is 14.4 Å². The van der Waals surface area contributed by atoms with Crippen LogP contribution in [0.4, 0.5) is 0 Å². The van der Waals surface area contributed by atoms with Gasteiger partial charge in [-0.1, -0.05) is 15.9 Å². The number of rotatable bonds is 6. The van der Waals surface area contributed by atoms with E-state index >= 15 is 0 Å². The molecule has 0 aromatic heterocycles. The van der Waals surface area contributed by atoms with Crippen molar-refractivity contribution in [3.63, 3.8) is 0 Å². The summed E-state index contributed by atoms with van der Waals surface area (Å²) in [5.74, 6) is -0.893. The molecule has 3 amide bonds. The number of carbonyl (C=O) groups excluding carboxylic acids is 3. The number of hydrogen-bond donors (Lipinski definition) is 2. The molecule has 0 aliphatic heterocycles. The number of nitrogens with one attached hydrogen (secondary N) is 2. The number of likely N-dealkylation sites (N-methyl/N-ethyl adjacent to an activating group) is 1. The maximum atomic E-state index is 11.9. The van der Waals surface area contributed by atoms with Crippen LogP contribution in [0.25, 0.3) is 0 Å². The molecule has 120 valence electrons. The van der Waals surface area contributed by atoms with Crippen LogP contribution in [-0.4, -0.2) is 48.8 Å². The first-order valence-corrected chi connectivity index (χ1v) is 7.66. The molecule has 1 aromatic carbocycles. The van der Waals surface area contributed by atoms with E-state index in [1.807, 2.05) is 13.8 Å². The van der Waals surface area contributed by atoms with Gasteiger partial charge >= 0.3 is 0 Å². The summed E-state index contributed by atoms with van der Waals surface area (Å²) in [6, 6.07) is 6.83. The van der Waals surface area contributed by atoms with E-state index in [1.165, 1.54) is 11.9 Å². The van der Waals surface area contributed by atoms with Crippen molar-refractivity contribution in [3.8, 4) is 0 Å². The van der Waals surface area contributed by atoms with E-state index < -0.39 is 0 Å². The van der Waals surface area contributed by atoms with Crippen LogP contribution < -0.4 is 10.6 Å². The van der Waals surface area contributed by atoms with Gasteiger partial charge in [0.25, 0.3) is 5.91 Å². The molecular formula is C15H20BrN3O3. The second kappa shape index (κ2) is 8.53. The van der Waals surface area contributed by atoms with Crippen molar-refractivity contribution in [1.82, 2.24) is 15.5 Å². The Labute approximate surface area is 138 Å². The summed E-state index contributed by atoms with van der Waals surface area (Å²) < 4.78 is 0.871. The predicted octanol–water partition coefficient (Wildman–Crippen LogP) is 1.16. The molecule has 0 radical (unpaired) electrons. The number of hydrogen-bond acceptors (Lipinski definition) is 3. The molecule has 0 atom stereocenters. The summed E-state index contributed by atoms with van der Waals surface area (Å²) in [6.07, 6.45) is 0. The van der Waals surface area contributed by atoms with Crippen molar-refractivity contribution in [1.29, 1.82) is 0 Å². The minimum Gasteiger partial charge on any atom is -0.352 e. The summed E-state index contributed by atoms with van der Waals surface area (Å²) >= 11 is 3.29. The van der Waals surface area contributed by atoms with Crippen molar-refractivity contribution in [2.24, 2.45) is 0 Å². The van der Waals surface area contributed by atoms with Gasteiger partial charge in [0, 0.05) is 23.1 Å². The fraction of sp³-hybridized carbons (Fsp3) is 0.400. The lowest BCUT2D eigenvalue weighted by atomic mass is 10.2. The predicted molar refractivity (Wildman–Crippen MR) is 87.4 cm³/mol. The van der Waals surface area contributed by atoms with E-state index in [4.69, 9.17) is 0 Å². The molecule has 0 fully saturated rings. The standard InChI is InChI=1S/C15H20BrN3O3/c1-10(2)18-13(20)9-19(3)14(21)8-17-15(22)11-4-6-12(16)7-5-11/h4-7,10H,8-9H2,1-3H3,(H,17,22)(H,18,20). The van der Waals surface area contributed by atoms with E-state index in [1.54, 1.807) is 24.3 Å². The zero-order valence-corrected chi connectivity index (χ0v) is 14.4. The maximum Gasteiger partial charge on any atom is 0.251 e. The lowest BCUT2D eigenvalue weighted by Crippen LogP contribution is -2.44. The zero-order valence-electron chi connectivity index (χ0n) is 12.9. The number of benzene rings is 1. The molecule has 1 aromatic rings. The Kier molecular flexibility index (Phi) is 7.04. The van der Waals surface area contributed by atoms with Gasteiger partial charge in [0.05, 0.1) is 13.1 Å². The largest absolute Gasteiger partial charge is 0.352 e. The Balaban J connectivity index is 2.43. The van der Waals surface area contributed by atoms with Crippen molar-refractivity contribution >= 4 is 33.7 Å². The smallest absolute Gasteiger partial charge is 0.251 e. The van der Waals surface area contributed by atoms with Gasteiger partial charge in [0.15, 0.2) is 0 Å². The van der Waals surface area contributed by atoms with Crippen LogP contribution in [0.5, 0.6) is 0 Å². The van der Waals surface area contributed by atoms with Crippen molar-refractivity contribution < 1.29 is 14.4 Å². The van der Waals surface area contributed by atoms with Gasteiger partial charge in [-0.05, 0) is 38.1 Å². The Morgan fingerprint density at radius 3 is 2.32 bits per heavy atom. The highest BCUT2D eigenvalue weighted by Crippen LogP contribution is 2.10. The van der Waals surface area contributed by atoms with Crippen LogP contribution in [0, 0.1) is 0 Å². The normalized spacial score (nSPS) is 10.2. The maximum absolute atomic E-state index is 11.9. The van der Waals surface area contributed by atoms with Crippen LogP contribution in [0.2, 0.25) is 0 Å². The van der Waals surface area contributed by atoms with Crippen LogP contribution in [0.3, 0.4) is 0 Å². The zero-order chi connectivity index (χ0) is 16.7. The van der Waals surface area contributed by atoms with Crippen LogP contribution >= 0.6 is 15.9 Å². The highest BCUT2D eigenvalue weighted by molar-refractivity contribution is 9.10. The molecule has 0 spiro atoms. The molecule has 6 nitrogen and oxygen atoms in total. The number of carbonyl (C=O) groups is 3. The molecule has 1 rings (SSSR count). The van der Waals surface area contributed by atoms with Crippen molar-refractivity contribution in [3.05, 3.63) is 34.3 Å². The molecule has 0 aliphatic rings. The third kappa shape index (κ3) is 6.26.